The van der Waals surface area contributed by atoms with Crippen LogP contribution in [0.15, 0.2) is 48.6 Å². The van der Waals surface area contributed by atoms with Crippen molar-refractivity contribution in [2.75, 3.05) is 16.3 Å². The zero-order valence-electron chi connectivity index (χ0n) is 20.5. The number of halogens is 2. The molecule has 2 aliphatic heterocycles. The number of carbonyl (C=O) groups excluding carboxylic acids is 4. The Morgan fingerprint density at radius 2 is 1.61 bits per heavy atom. The molecule has 194 valence electrons. The van der Waals surface area contributed by atoms with Crippen LogP contribution in [0.5, 0.6) is 5.75 Å². The molecular formula is C29H24Cl2N2O5. The number of amides is 3. The minimum Gasteiger partial charge on any atom is -0.426 e. The highest BCUT2D eigenvalue weighted by atomic mass is 35.5. The molecule has 0 spiro atoms. The van der Waals surface area contributed by atoms with Crippen LogP contribution in [0.1, 0.15) is 18.4 Å². The summed E-state index contributed by atoms with van der Waals surface area (Å²) in [6.07, 6.45) is 5.42. The molecule has 2 aromatic carbocycles. The van der Waals surface area contributed by atoms with Gasteiger partial charge in [-0.3, -0.25) is 19.2 Å². The van der Waals surface area contributed by atoms with Crippen molar-refractivity contribution in [1.29, 1.82) is 0 Å². The van der Waals surface area contributed by atoms with Gasteiger partial charge in [0, 0.05) is 18.0 Å². The lowest BCUT2D eigenvalue weighted by atomic mass is 9.63. The van der Waals surface area contributed by atoms with E-state index in [4.69, 9.17) is 27.9 Å². The van der Waals surface area contributed by atoms with Crippen LogP contribution in [-0.4, -0.2) is 30.2 Å². The maximum atomic E-state index is 13.4. The van der Waals surface area contributed by atoms with E-state index < -0.39 is 11.9 Å². The summed E-state index contributed by atoms with van der Waals surface area (Å²) >= 11 is 12.3. The van der Waals surface area contributed by atoms with E-state index in [0.29, 0.717) is 44.6 Å². The summed E-state index contributed by atoms with van der Waals surface area (Å²) in [4.78, 5) is 55.3. The molecule has 2 saturated carbocycles. The number of ether oxygens (including phenoxy) is 1. The highest BCUT2D eigenvalue weighted by Gasteiger charge is 2.67. The number of allylic oxidation sites excluding steroid dienone is 2. The van der Waals surface area contributed by atoms with Crippen LogP contribution in [0.4, 0.5) is 11.4 Å². The number of imide groups is 1. The summed E-state index contributed by atoms with van der Waals surface area (Å²) in [6.45, 7) is 1.92. The van der Waals surface area contributed by atoms with Crippen molar-refractivity contribution in [2.45, 2.75) is 19.8 Å². The third-order valence-corrected chi connectivity index (χ3v) is 9.50. The summed E-state index contributed by atoms with van der Waals surface area (Å²) < 4.78 is 5.62. The van der Waals surface area contributed by atoms with E-state index in [1.54, 1.807) is 43.3 Å². The molecule has 9 heteroatoms. The topological polar surface area (TPSA) is 84.0 Å². The van der Waals surface area contributed by atoms with E-state index in [2.05, 4.69) is 12.2 Å². The molecule has 2 saturated heterocycles. The lowest BCUT2D eigenvalue weighted by Gasteiger charge is -2.37. The van der Waals surface area contributed by atoms with Gasteiger partial charge in [0.05, 0.1) is 34.2 Å². The first-order chi connectivity index (χ1) is 18.2. The van der Waals surface area contributed by atoms with Crippen LogP contribution in [0.2, 0.25) is 10.0 Å². The molecule has 0 radical (unpaired) electrons. The van der Waals surface area contributed by atoms with Gasteiger partial charge in [-0.2, -0.15) is 0 Å². The Morgan fingerprint density at radius 1 is 0.921 bits per heavy atom. The Morgan fingerprint density at radius 3 is 2.26 bits per heavy atom. The number of nitrogens with zero attached hydrogens (tertiary/aromatic N) is 2. The number of esters is 1. The SMILES string of the molecule is Cc1cc(OC(=O)[C@@H]2CC(=O)N(c3cc(Cl)ccc3Cl)C2)ccc1N1C(=O)[C@@H]2[C@H]3C=C[C@@H]([C@@H]4C[C@@H]34)[C@H]2C1=O. The van der Waals surface area contributed by atoms with Crippen LogP contribution in [-0.2, 0) is 19.2 Å². The molecule has 2 aromatic rings. The number of hydrogen-bond donors (Lipinski definition) is 0. The van der Waals surface area contributed by atoms with Crippen molar-refractivity contribution in [3.63, 3.8) is 0 Å². The molecule has 3 amide bonds. The molecule has 0 unspecified atom stereocenters. The van der Waals surface area contributed by atoms with Gasteiger partial charge in [0.1, 0.15) is 5.75 Å². The van der Waals surface area contributed by atoms with Crippen molar-refractivity contribution < 1.29 is 23.9 Å². The molecule has 4 aliphatic carbocycles. The summed E-state index contributed by atoms with van der Waals surface area (Å²) in [5.74, 6) is -0.535. The molecule has 2 bridgehead atoms. The second-order valence-corrected chi connectivity index (χ2v) is 11.9. The summed E-state index contributed by atoms with van der Waals surface area (Å²) in [5.41, 5.74) is 1.65. The van der Waals surface area contributed by atoms with Crippen LogP contribution < -0.4 is 14.5 Å². The highest BCUT2D eigenvalue weighted by molar-refractivity contribution is 6.36. The number of rotatable bonds is 4. The Hall–Kier alpha value is -3.16. The fourth-order valence-corrected chi connectivity index (χ4v) is 7.51. The third-order valence-electron chi connectivity index (χ3n) is 8.95. The summed E-state index contributed by atoms with van der Waals surface area (Å²) in [5, 5.41) is 0.809. The molecule has 6 aliphatic rings. The van der Waals surface area contributed by atoms with E-state index in [9.17, 15) is 19.2 Å². The fourth-order valence-electron chi connectivity index (χ4n) is 7.13. The first-order valence-corrected chi connectivity index (χ1v) is 13.6. The minimum atomic E-state index is -0.670. The zero-order chi connectivity index (χ0) is 26.5. The van der Waals surface area contributed by atoms with Crippen molar-refractivity contribution in [3.8, 4) is 5.75 Å². The van der Waals surface area contributed by atoms with Crippen LogP contribution in [0.3, 0.4) is 0 Å². The van der Waals surface area contributed by atoms with E-state index >= 15 is 0 Å². The zero-order valence-corrected chi connectivity index (χ0v) is 22.0. The Balaban J connectivity index is 1.07. The monoisotopic (exact) mass is 550 g/mol. The Bertz CT molecular complexity index is 1430. The van der Waals surface area contributed by atoms with Gasteiger partial charge in [-0.1, -0.05) is 35.4 Å². The van der Waals surface area contributed by atoms with Gasteiger partial charge in [0.15, 0.2) is 0 Å². The molecule has 38 heavy (non-hydrogen) atoms. The number of anilines is 2. The van der Waals surface area contributed by atoms with E-state index in [-0.39, 0.29) is 54.4 Å². The average Bonchev–Trinajstić information content (AvgIpc) is 3.57. The molecule has 7 nitrogen and oxygen atoms in total. The number of carbonyl (C=O) groups is 4. The quantitative estimate of drug-likeness (QED) is 0.236. The van der Waals surface area contributed by atoms with Crippen LogP contribution >= 0.6 is 23.2 Å². The molecule has 2 heterocycles. The van der Waals surface area contributed by atoms with Gasteiger partial charge in [-0.05, 0) is 79.0 Å². The molecule has 4 fully saturated rings. The third kappa shape index (κ3) is 3.48. The van der Waals surface area contributed by atoms with Crippen LogP contribution in [0, 0.1) is 48.3 Å². The molecule has 0 N–H and O–H groups in total. The first-order valence-electron chi connectivity index (χ1n) is 12.9. The van der Waals surface area contributed by atoms with E-state index in [1.807, 2.05) is 0 Å². The van der Waals surface area contributed by atoms with Crippen molar-refractivity contribution in [1.82, 2.24) is 0 Å². The lowest BCUT2D eigenvalue weighted by molar-refractivity contribution is -0.139. The first kappa shape index (κ1) is 23.9. The lowest BCUT2D eigenvalue weighted by Crippen LogP contribution is -2.40. The molecule has 7 atom stereocenters. The van der Waals surface area contributed by atoms with Crippen molar-refractivity contribution in [2.24, 2.45) is 41.4 Å². The number of aryl methyl sites for hydroxylation is 1. The number of hydrogen-bond acceptors (Lipinski definition) is 5. The molecule has 8 rings (SSSR count). The molecule has 0 aromatic heterocycles. The van der Waals surface area contributed by atoms with E-state index in [1.165, 1.54) is 9.80 Å². The van der Waals surface area contributed by atoms with Gasteiger partial charge in [-0.15, -0.1) is 0 Å². The fraction of sp³-hybridized carbons (Fsp3) is 0.379. The van der Waals surface area contributed by atoms with Gasteiger partial charge >= 0.3 is 5.97 Å². The molecular weight excluding hydrogens is 527 g/mol. The Kier molecular flexibility index (Phi) is 5.30. The average molecular weight is 551 g/mol. The van der Waals surface area contributed by atoms with Gasteiger partial charge in [-0.25, -0.2) is 4.90 Å². The maximum absolute atomic E-state index is 13.4. The van der Waals surface area contributed by atoms with Gasteiger partial charge < -0.3 is 9.64 Å². The Labute approximate surface area is 229 Å². The largest absolute Gasteiger partial charge is 0.426 e. The summed E-state index contributed by atoms with van der Waals surface area (Å²) in [7, 11) is 0. The maximum Gasteiger partial charge on any atom is 0.316 e. The smallest absolute Gasteiger partial charge is 0.316 e. The normalized spacial score (nSPS) is 32.6. The number of benzene rings is 2. The minimum absolute atomic E-state index is 0.00332. The highest BCUT2D eigenvalue weighted by Crippen LogP contribution is 2.65. The van der Waals surface area contributed by atoms with Crippen molar-refractivity contribution in [3.05, 3.63) is 64.2 Å². The summed E-state index contributed by atoms with van der Waals surface area (Å²) in [6, 6.07) is 9.75. The predicted molar refractivity (Wildman–Crippen MR) is 141 cm³/mol. The van der Waals surface area contributed by atoms with Crippen LogP contribution in [0.25, 0.3) is 0 Å². The van der Waals surface area contributed by atoms with Crippen molar-refractivity contribution >= 4 is 58.3 Å². The second kappa shape index (κ2) is 8.42. The standard InChI is InChI=1S/C29H24Cl2N2O5/c1-13-8-16(38-29(37)14-9-24(34)32(12-14)23-10-15(30)2-6-21(23)31)3-7-22(13)33-27(35)25-17-4-5-18(20-11-19(17)20)26(25)28(33)36/h2-8,10,14,17-20,25-26H,9,11-12H2,1H3/t14-,17+,18+,19+,20+,25-,26-/m1/s1. The second-order valence-electron chi connectivity index (χ2n) is 11.0. The van der Waals surface area contributed by atoms with Gasteiger partial charge in [0.2, 0.25) is 17.7 Å². The predicted octanol–water partition coefficient (Wildman–Crippen LogP) is 4.82. The van der Waals surface area contributed by atoms with Gasteiger partial charge in [0.25, 0.3) is 0 Å². The van der Waals surface area contributed by atoms with E-state index in [0.717, 1.165) is 6.42 Å².